The van der Waals surface area contributed by atoms with Crippen LogP contribution in [0.1, 0.15) is 0 Å². The van der Waals surface area contributed by atoms with Crippen molar-refractivity contribution < 1.29 is 4.74 Å². The smallest absolute Gasteiger partial charge is 0.138 e. The summed E-state index contributed by atoms with van der Waals surface area (Å²) in [6, 6.07) is 13.9. The zero-order chi connectivity index (χ0) is 12.5. The van der Waals surface area contributed by atoms with Crippen molar-refractivity contribution in [3.63, 3.8) is 0 Å². The maximum atomic E-state index is 5.26. The van der Waals surface area contributed by atoms with Crippen molar-refractivity contribution >= 4 is 21.6 Å². The molecule has 0 spiro atoms. The summed E-state index contributed by atoms with van der Waals surface area (Å²) in [7, 11) is 1.67. The lowest BCUT2D eigenvalue weighted by atomic mass is 10.1. The molecule has 0 fully saturated rings. The number of benzene rings is 1. The van der Waals surface area contributed by atoms with Crippen LogP contribution in [0.15, 0.2) is 53.3 Å². The number of hydrogen-bond donors (Lipinski definition) is 0. The first-order valence-electron chi connectivity index (χ1n) is 5.56. The standard InChI is InChI=1S/C14H11BrN2O/c1-18-11-6-4-5-10(9-11)13-14(15)16-12-7-2-3-8-17(12)13/h2-9H,1H3. The number of ether oxygens (including phenoxy) is 1. The largest absolute Gasteiger partial charge is 0.497 e. The summed E-state index contributed by atoms with van der Waals surface area (Å²) in [6.07, 6.45) is 2.00. The SMILES string of the molecule is COc1cccc(-c2c(Br)nc3ccccn23)c1. The highest BCUT2D eigenvalue weighted by Gasteiger charge is 2.11. The Bertz CT molecular complexity index is 706. The monoisotopic (exact) mass is 302 g/mol. The van der Waals surface area contributed by atoms with E-state index in [9.17, 15) is 0 Å². The third-order valence-corrected chi connectivity index (χ3v) is 3.38. The molecule has 0 bridgehead atoms. The van der Waals surface area contributed by atoms with E-state index in [0.717, 1.165) is 27.3 Å². The highest BCUT2D eigenvalue weighted by Crippen LogP contribution is 2.30. The molecular weight excluding hydrogens is 292 g/mol. The third-order valence-electron chi connectivity index (χ3n) is 2.83. The zero-order valence-electron chi connectivity index (χ0n) is 9.80. The molecule has 0 saturated carbocycles. The molecule has 0 aliphatic carbocycles. The van der Waals surface area contributed by atoms with Gasteiger partial charge in [0.05, 0.1) is 12.8 Å². The molecule has 3 rings (SSSR count). The quantitative estimate of drug-likeness (QED) is 0.720. The lowest BCUT2D eigenvalue weighted by Gasteiger charge is -2.05. The average molecular weight is 303 g/mol. The minimum Gasteiger partial charge on any atom is -0.497 e. The lowest BCUT2D eigenvalue weighted by molar-refractivity contribution is 0.415. The van der Waals surface area contributed by atoms with Crippen LogP contribution in [0.5, 0.6) is 5.75 Å². The van der Waals surface area contributed by atoms with Gasteiger partial charge in [-0.2, -0.15) is 0 Å². The number of fused-ring (bicyclic) bond motifs is 1. The molecule has 1 aromatic carbocycles. The van der Waals surface area contributed by atoms with Gasteiger partial charge in [0.15, 0.2) is 0 Å². The van der Waals surface area contributed by atoms with E-state index < -0.39 is 0 Å². The zero-order valence-corrected chi connectivity index (χ0v) is 11.4. The van der Waals surface area contributed by atoms with Crippen LogP contribution in [0, 0.1) is 0 Å². The van der Waals surface area contributed by atoms with Crippen LogP contribution in [-0.2, 0) is 0 Å². The van der Waals surface area contributed by atoms with Crippen molar-refractivity contribution in [1.82, 2.24) is 9.38 Å². The molecule has 0 unspecified atom stereocenters. The van der Waals surface area contributed by atoms with Gasteiger partial charge in [0, 0.05) is 11.8 Å². The van der Waals surface area contributed by atoms with Crippen LogP contribution in [0.4, 0.5) is 0 Å². The molecule has 4 heteroatoms. The molecule has 2 aromatic heterocycles. The average Bonchev–Trinajstić information content (AvgIpc) is 2.74. The second-order valence-electron chi connectivity index (χ2n) is 3.91. The number of rotatable bonds is 2. The molecule has 2 heterocycles. The number of methoxy groups -OCH3 is 1. The summed E-state index contributed by atoms with van der Waals surface area (Å²) in [5.74, 6) is 0.838. The molecule has 0 radical (unpaired) electrons. The summed E-state index contributed by atoms with van der Waals surface area (Å²) in [5.41, 5.74) is 3.02. The van der Waals surface area contributed by atoms with Gasteiger partial charge < -0.3 is 4.74 Å². The molecule has 3 nitrogen and oxygen atoms in total. The van der Waals surface area contributed by atoms with E-state index in [1.54, 1.807) is 7.11 Å². The number of nitrogens with zero attached hydrogens (tertiary/aromatic N) is 2. The minimum atomic E-state index is 0.835. The van der Waals surface area contributed by atoms with Crippen LogP contribution in [0.2, 0.25) is 0 Å². The molecule has 0 amide bonds. The number of imidazole rings is 1. The third kappa shape index (κ3) is 1.78. The molecule has 90 valence electrons. The van der Waals surface area contributed by atoms with Gasteiger partial charge in [-0.25, -0.2) is 4.98 Å². The number of hydrogen-bond acceptors (Lipinski definition) is 2. The van der Waals surface area contributed by atoms with Gasteiger partial charge in [0.1, 0.15) is 16.0 Å². The Labute approximate surface area is 113 Å². The Morgan fingerprint density at radius 2 is 2.06 bits per heavy atom. The van der Waals surface area contributed by atoms with Crippen LogP contribution in [0.3, 0.4) is 0 Å². The first-order valence-corrected chi connectivity index (χ1v) is 6.36. The molecule has 18 heavy (non-hydrogen) atoms. The van der Waals surface area contributed by atoms with Gasteiger partial charge in [0.25, 0.3) is 0 Å². The number of halogens is 1. The van der Waals surface area contributed by atoms with Crippen molar-refractivity contribution in [2.24, 2.45) is 0 Å². The topological polar surface area (TPSA) is 26.5 Å². The summed E-state index contributed by atoms with van der Waals surface area (Å²) in [6.45, 7) is 0. The first kappa shape index (κ1) is 11.3. The van der Waals surface area contributed by atoms with Gasteiger partial charge in [-0.15, -0.1) is 0 Å². The fourth-order valence-electron chi connectivity index (χ4n) is 2.00. The summed E-state index contributed by atoms with van der Waals surface area (Å²) >= 11 is 3.52. The van der Waals surface area contributed by atoms with Gasteiger partial charge in [-0.1, -0.05) is 18.2 Å². The van der Waals surface area contributed by atoms with Crippen LogP contribution in [0.25, 0.3) is 16.9 Å². The van der Waals surface area contributed by atoms with Crippen LogP contribution < -0.4 is 4.74 Å². The molecular formula is C14H11BrN2O. The van der Waals surface area contributed by atoms with Crippen molar-refractivity contribution in [3.05, 3.63) is 53.3 Å². The predicted molar refractivity (Wildman–Crippen MR) is 74.9 cm³/mol. The van der Waals surface area contributed by atoms with Gasteiger partial charge in [-0.3, -0.25) is 4.40 Å². The molecule has 0 atom stereocenters. The van der Waals surface area contributed by atoms with Gasteiger partial charge >= 0.3 is 0 Å². The van der Waals surface area contributed by atoms with E-state index in [0.29, 0.717) is 0 Å². The van der Waals surface area contributed by atoms with E-state index in [2.05, 4.69) is 25.3 Å². The van der Waals surface area contributed by atoms with Gasteiger partial charge in [-0.05, 0) is 40.2 Å². The molecule has 0 N–H and O–H groups in total. The van der Waals surface area contributed by atoms with Crippen LogP contribution in [-0.4, -0.2) is 16.5 Å². The van der Waals surface area contributed by atoms with E-state index >= 15 is 0 Å². The normalized spacial score (nSPS) is 10.8. The number of pyridine rings is 1. The van der Waals surface area contributed by atoms with E-state index in [1.165, 1.54) is 0 Å². The lowest BCUT2D eigenvalue weighted by Crippen LogP contribution is -1.89. The molecule has 3 aromatic rings. The van der Waals surface area contributed by atoms with E-state index in [-0.39, 0.29) is 0 Å². The van der Waals surface area contributed by atoms with Crippen molar-refractivity contribution in [2.45, 2.75) is 0 Å². The second kappa shape index (κ2) is 4.46. The van der Waals surface area contributed by atoms with Gasteiger partial charge in [0.2, 0.25) is 0 Å². The number of aromatic nitrogens is 2. The minimum absolute atomic E-state index is 0.835. The maximum Gasteiger partial charge on any atom is 0.138 e. The van der Waals surface area contributed by atoms with E-state index in [1.807, 2.05) is 48.7 Å². The Kier molecular flexibility index (Phi) is 2.80. The summed E-state index contributed by atoms with van der Waals surface area (Å²) < 4.78 is 8.15. The Balaban J connectivity index is 2.27. The van der Waals surface area contributed by atoms with Crippen molar-refractivity contribution in [3.8, 4) is 17.0 Å². The molecule has 0 aliphatic rings. The Morgan fingerprint density at radius 1 is 1.17 bits per heavy atom. The van der Waals surface area contributed by atoms with E-state index in [4.69, 9.17) is 4.74 Å². The maximum absolute atomic E-state index is 5.26. The van der Waals surface area contributed by atoms with Crippen molar-refractivity contribution in [1.29, 1.82) is 0 Å². The highest BCUT2D eigenvalue weighted by molar-refractivity contribution is 9.10. The first-order chi connectivity index (χ1) is 8.79. The summed E-state index contributed by atoms with van der Waals surface area (Å²) in [5, 5.41) is 0. The fourth-order valence-corrected chi connectivity index (χ4v) is 2.60. The second-order valence-corrected chi connectivity index (χ2v) is 4.66. The summed E-state index contributed by atoms with van der Waals surface area (Å²) in [4.78, 5) is 4.48. The molecule has 0 aliphatic heterocycles. The van der Waals surface area contributed by atoms with Crippen molar-refractivity contribution in [2.75, 3.05) is 7.11 Å². The fraction of sp³-hybridized carbons (Fsp3) is 0.0714. The highest BCUT2D eigenvalue weighted by atomic mass is 79.9. The van der Waals surface area contributed by atoms with Crippen LogP contribution >= 0.6 is 15.9 Å². The Hall–Kier alpha value is -1.81. The molecule has 0 saturated heterocycles. The predicted octanol–water partition coefficient (Wildman–Crippen LogP) is 3.77. The Morgan fingerprint density at radius 3 is 2.89 bits per heavy atom.